The number of rotatable bonds is 5. The van der Waals surface area contributed by atoms with Crippen LogP contribution in [-0.2, 0) is 25.2 Å². The van der Waals surface area contributed by atoms with E-state index in [9.17, 15) is 8.42 Å². The first-order valence-electron chi connectivity index (χ1n) is 3.96. The maximum absolute atomic E-state index is 10.8. The third-order valence-corrected chi connectivity index (χ3v) is 3.29. The molecule has 6 nitrogen and oxygen atoms in total. The molecule has 0 aliphatic carbocycles. The van der Waals surface area contributed by atoms with E-state index < -0.39 is 16.3 Å². The molecule has 0 saturated heterocycles. The van der Waals surface area contributed by atoms with E-state index in [1.807, 2.05) is 0 Å². The SMILES string of the molecule is COC(OC)c1csc(CS(N)(=O)=O)n1. The van der Waals surface area contributed by atoms with Crippen LogP contribution >= 0.6 is 11.3 Å². The molecule has 0 fully saturated rings. The van der Waals surface area contributed by atoms with E-state index in [-0.39, 0.29) is 5.75 Å². The van der Waals surface area contributed by atoms with Crippen molar-refractivity contribution in [1.29, 1.82) is 0 Å². The van der Waals surface area contributed by atoms with E-state index in [1.165, 1.54) is 25.6 Å². The fourth-order valence-corrected chi connectivity index (χ4v) is 2.76. The quantitative estimate of drug-likeness (QED) is 0.757. The van der Waals surface area contributed by atoms with E-state index in [0.29, 0.717) is 10.7 Å². The molecular formula is C7H12N2O4S2. The lowest BCUT2D eigenvalue weighted by atomic mass is 10.5. The van der Waals surface area contributed by atoms with E-state index in [0.717, 1.165) is 0 Å². The van der Waals surface area contributed by atoms with Crippen molar-refractivity contribution in [2.45, 2.75) is 12.0 Å². The molecule has 1 aromatic rings. The van der Waals surface area contributed by atoms with Crippen molar-refractivity contribution in [2.24, 2.45) is 5.14 Å². The fourth-order valence-electron chi connectivity index (χ4n) is 1.01. The highest BCUT2D eigenvalue weighted by Gasteiger charge is 2.15. The summed E-state index contributed by atoms with van der Waals surface area (Å²) in [6, 6.07) is 0. The van der Waals surface area contributed by atoms with Crippen LogP contribution in [0.25, 0.3) is 0 Å². The van der Waals surface area contributed by atoms with Crippen LogP contribution in [0.15, 0.2) is 5.38 Å². The van der Waals surface area contributed by atoms with Gasteiger partial charge >= 0.3 is 0 Å². The van der Waals surface area contributed by atoms with Crippen LogP contribution in [0.1, 0.15) is 17.0 Å². The molecule has 15 heavy (non-hydrogen) atoms. The lowest BCUT2D eigenvalue weighted by Gasteiger charge is -2.09. The standard InChI is InChI=1S/C7H12N2O4S2/c1-12-7(13-2)5-3-14-6(9-5)4-15(8,10)11/h3,7H,4H2,1-2H3,(H2,8,10,11). The summed E-state index contributed by atoms with van der Waals surface area (Å²) in [4.78, 5) is 4.05. The Balaban J connectivity index is 2.80. The third kappa shape index (κ3) is 3.84. The van der Waals surface area contributed by atoms with Crippen LogP contribution in [-0.4, -0.2) is 27.6 Å². The zero-order valence-electron chi connectivity index (χ0n) is 8.34. The van der Waals surface area contributed by atoms with Gasteiger partial charge in [0.15, 0.2) is 0 Å². The third-order valence-electron chi connectivity index (χ3n) is 1.56. The molecule has 1 aromatic heterocycles. The zero-order chi connectivity index (χ0) is 11.5. The minimum Gasteiger partial charge on any atom is -0.350 e. The Labute approximate surface area is 92.1 Å². The summed E-state index contributed by atoms with van der Waals surface area (Å²) in [7, 11) is -0.579. The second-order valence-electron chi connectivity index (χ2n) is 2.78. The zero-order valence-corrected chi connectivity index (χ0v) is 9.97. The summed E-state index contributed by atoms with van der Waals surface area (Å²) in [6.45, 7) is 0. The number of methoxy groups -OCH3 is 2. The van der Waals surface area contributed by atoms with Gasteiger partial charge in [0.05, 0.1) is 0 Å². The van der Waals surface area contributed by atoms with Crippen LogP contribution in [0.2, 0.25) is 0 Å². The maximum atomic E-state index is 10.8. The monoisotopic (exact) mass is 252 g/mol. The van der Waals surface area contributed by atoms with Gasteiger partial charge in [0.25, 0.3) is 0 Å². The first-order valence-corrected chi connectivity index (χ1v) is 6.56. The Kier molecular flexibility index (Phi) is 4.17. The fraction of sp³-hybridized carbons (Fsp3) is 0.571. The molecule has 0 amide bonds. The molecule has 0 atom stereocenters. The Morgan fingerprint density at radius 1 is 1.53 bits per heavy atom. The average Bonchev–Trinajstić information content (AvgIpc) is 2.52. The van der Waals surface area contributed by atoms with Gasteiger partial charge in [0, 0.05) is 19.6 Å². The molecular weight excluding hydrogens is 240 g/mol. The van der Waals surface area contributed by atoms with Crippen molar-refractivity contribution < 1.29 is 17.9 Å². The Bertz CT molecular complexity index is 410. The maximum Gasteiger partial charge on any atom is 0.215 e. The molecule has 0 saturated carbocycles. The lowest BCUT2D eigenvalue weighted by Crippen LogP contribution is -2.14. The summed E-state index contributed by atoms with van der Waals surface area (Å²) in [5, 5.41) is 7.00. The Morgan fingerprint density at radius 3 is 2.60 bits per heavy atom. The van der Waals surface area contributed by atoms with Crippen molar-refractivity contribution in [2.75, 3.05) is 14.2 Å². The van der Waals surface area contributed by atoms with Crippen molar-refractivity contribution in [3.63, 3.8) is 0 Å². The molecule has 0 aromatic carbocycles. The number of primary sulfonamides is 1. The van der Waals surface area contributed by atoms with Crippen molar-refractivity contribution >= 4 is 21.4 Å². The highest BCUT2D eigenvalue weighted by molar-refractivity contribution is 7.88. The summed E-state index contributed by atoms with van der Waals surface area (Å²) in [5.74, 6) is -0.266. The molecule has 0 radical (unpaired) electrons. The van der Waals surface area contributed by atoms with Gasteiger partial charge in [-0.25, -0.2) is 18.5 Å². The molecule has 0 unspecified atom stereocenters. The predicted octanol–water partition coefficient (Wildman–Crippen LogP) is 0.223. The molecule has 86 valence electrons. The van der Waals surface area contributed by atoms with Crippen molar-refractivity contribution in [3.05, 3.63) is 16.1 Å². The van der Waals surface area contributed by atoms with E-state index in [2.05, 4.69) is 4.98 Å². The van der Waals surface area contributed by atoms with Gasteiger partial charge in [-0.1, -0.05) is 0 Å². The largest absolute Gasteiger partial charge is 0.350 e. The van der Waals surface area contributed by atoms with Gasteiger partial charge in [-0.2, -0.15) is 0 Å². The Morgan fingerprint density at radius 2 is 2.13 bits per heavy atom. The number of nitrogens with zero attached hydrogens (tertiary/aromatic N) is 1. The van der Waals surface area contributed by atoms with Gasteiger partial charge in [-0.05, 0) is 0 Å². The molecule has 0 aliphatic heterocycles. The van der Waals surface area contributed by atoms with Crippen LogP contribution < -0.4 is 5.14 Å². The molecule has 0 spiro atoms. The number of nitrogens with two attached hydrogens (primary N) is 1. The molecule has 1 heterocycles. The highest BCUT2D eigenvalue weighted by atomic mass is 32.2. The number of hydrogen-bond donors (Lipinski definition) is 1. The molecule has 0 aliphatic rings. The van der Waals surface area contributed by atoms with Crippen LogP contribution in [0.3, 0.4) is 0 Å². The predicted molar refractivity (Wildman–Crippen MR) is 55.7 cm³/mol. The Hall–Kier alpha value is -0.540. The van der Waals surface area contributed by atoms with Gasteiger partial charge in [-0.3, -0.25) is 0 Å². The number of aromatic nitrogens is 1. The number of hydrogen-bond acceptors (Lipinski definition) is 6. The molecule has 1 rings (SSSR count). The van der Waals surface area contributed by atoms with Crippen molar-refractivity contribution in [1.82, 2.24) is 4.98 Å². The van der Waals surface area contributed by atoms with Crippen molar-refractivity contribution in [3.8, 4) is 0 Å². The normalized spacial score (nSPS) is 12.3. The van der Waals surface area contributed by atoms with Gasteiger partial charge < -0.3 is 9.47 Å². The number of sulfonamides is 1. The average molecular weight is 252 g/mol. The number of ether oxygens (including phenoxy) is 2. The lowest BCUT2D eigenvalue weighted by molar-refractivity contribution is -0.108. The van der Waals surface area contributed by atoms with E-state index in [4.69, 9.17) is 14.6 Å². The van der Waals surface area contributed by atoms with Gasteiger partial charge in [0.2, 0.25) is 16.3 Å². The summed E-state index contributed by atoms with van der Waals surface area (Å²) < 4.78 is 31.5. The van der Waals surface area contributed by atoms with Gasteiger partial charge in [0.1, 0.15) is 16.5 Å². The highest BCUT2D eigenvalue weighted by Crippen LogP contribution is 2.20. The van der Waals surface area contributed by atoms with Crippen LogP contribution in [0, 0.1) is 0 Å². The second-order valence-corrected chi connectivity index (χ2v) is 5.33. The van der Waals surface area contributed by atoms with Crippen LogP contribution in [0.5, 0.6) is 0 Å². The minimum atomic E-state index is -3.54. The minimum absolute atomic E-state index is 0.266. The van der Waals surface area contributed by atoms with Gasteiger partial charge in [-0.15, -0.1) is 11.3 Å². The first kappa shape index (κ1) is 12.5. The molecule has 2 N–H and O–H groups in total. The number of thiazole rings is 1. The van der Waals surface area contributed by atoms with Crippen LogP contribution in [0.4, 0.5) is 0 Å². The first-order chi connectivity index (χ1) is 6.96. The second kappa shape index (κ2) is 4.99. The molecule has 8 heteroatoms. The topological polar surface area (TPSA) is 91.5 Å². The smallest absolute Gasteiger partial charge is 0.215 e. The van der Waals surface area contributed by atoms with E-state index in [1.54, 1.807) is 5.38 Å². The molecule has 0 bridgehead atoms. The summed E-state index contributed by atoms with van der Waals surface area (Å²) in [5.41, 5.74) is 0.545. The summed E-state index contributed by atoms with van der Waals surface area (Å²) >= 11 is 1.21. The van der Waals surface area contributed by atoms with E-state index >= 15 is 0 Å². The summed E-state index contributed by atoms with van der Waals surface area (Å²) in [6.07, 6.45) is -0.574.